The number of anilines is 1. The number of oxazole rings is 1. The fourth-order valence-corrected chi connectivity index (χ4v) is 9.65. The first-order chi connectivity index (χ1) is 23.9. The van der Waals surface area contributed by atoms with Crippen molar-refractivity contribution >= 4 is 11.7 Å². The van der Waals surface area contributed by atoms with Gasteiger partial charge in [-0.2, -0.15) is 0 Å². The van der Waals surface area contributed by atoms with E-state index in [1.54, 1.807) is 13.4 Å². The van der Waals surface area contributed by atoms with Crippen molar-refractivity contribution in [2.45, 2.75) is 121 Å². The van der Waals surface area contributed by atoms with Gasteiger partial charge in [0.1, 0.15) is 23.5 Å². The van der Waals surface area contributed by atoms with Crippen molar-refractivity contribution < 1.29 is 13.9 Å². The molecule has 8 heteroatoms. The number of hydrogen-bond acceptors (Lipinski definition) is 7. The van der Waals surface area contributed by atoms with Gasteiger partial charge in [0.25, 0.3) is 0 Å². The number of aromatic nitrogens is 2. The molecule has 3 heterocycles. The minimum atomic E-state index is -0.182. The maximum absolute atomic E-state index is 14.8. The van der Waals surface area contributed by atoms with E-state index in [1.807, 2.05) is 12.3 Å². The number of carbonyl (C=O) groups excluding carboxylic acids is 1. The normalized spacial score (nSPS) is 28.7. The quantitative estimate of drug-likeness (QED) is 0.226. The molecule has 1 atom stereocenters. The Morgan fingerprint density at radius 3 is 2.32 bits per heavy atom. The van der Waals surface area contributed by atoms with E-state index in [0.29, 0.717) is 18.0 Å². The molecule has 5 fully saturated rings. The predicted molar refractivity (Wildman–Crippen MR) is 200 cm³/mol. The van der Waals surface area contributed by atoms with Gasteiger partial charge >= 0.3 is 0 Å². The molecule has 4 saturated carbocycles. The lowest BCUT2D eigenvalue weighted by atomic mass is 9.51. The molecule has 0 radical (unpaired) electrons. The molecule has 1 aliphatic heterocycles. The molecule has 1 amide bonds. The van der Waals surface area contributed by atoms with Gasteiger partial charge in [-0.1, -0.05) is 32.9 Å². The monoisotopic (exact) mass is 681 g/mol. The maximum Gasteiger partial charge on any atom is 0.231 e. The van der Waals surface area contributed by atoms with Gasteiger partial charge in [-0.3, -0.25) is 14.6 Å². The lowest BCUT2D eigenvalue weighted by molar-refractivity contribution is -0.124. The van der Waals surface area contributed by atoms with Crippen molar-refractivity contribution in [1.29, 1.82) is 0 Å². The third-order valence-electron chi connectivity index (χ3n) is 13.1. The molecule has 3 aromatic rings. The Morgan fingerprint density at radius 2 is 1.72 bits per heavy atom. The van der Waals surface area contributed by atoms with Crippen molar-refractivity contribution in [1.82, 2.24) is 19.8 Å². The molecular formula is C42H59N5O3. The predicted octanol–water partition coefficient (Wildman–Crippen LogP) is 8.17. The van der Waals surface area contributed by atoms with Crippen molar-refractivity contribution in [3.63, 3.8) is 0 Å². The largest absolute Gasteiger partial charge is 0.496 e. The number of amides is 1. The maximum atomic E-state index is 14.8. The Bertz CT molecular complexity index is 1640. The van der Waals surface area contributed by atoms with Gasteiger partial charge in [0.2, 0.25) is 5.91 Å². The Kier molecular flexibility index (Phi) is 9.65. The highest BCUT2D eigenvalue weighted by atomic mass is 16.5. The SMILES string of the molecule is COc1ccc(C23CCC(CN(C(=O)C4CCC(N5CCC(N(C)C)C5)CC4)c4cc(-c5coc(C(C)(C)C)n5)ccn4)(CC2)CC3)cc1C. The molecule has 8 rings (SSSR count). The first-order valence-corrected chi connectivity index (χ1v) is 19.2. The van der Waals surface area contributed by atoms with E-state index < -0.39 is 0 Å². The molecule has 1 aromatic carbocycles. The van der Waals surface area contributed by atoms with Gasteiger partial charge in [-0.05, 0) is 132 Å². The smallest absolute Gasteiger partial charge is 0.231 e. The lowest BCUT2D eigenvalue weighted by Crippen LogP contribution is -2.52. The summed E-state index contributed by atoms with van der Waals surface area (Å²) in [4.78, 5) is 31.7. The van der Waals surface area contributed by atoms with Gasteiger partial charge in [-0.25, -0.2) is 9.97 Å². The molecule has 8 nitrogen and oxygen atoms in total. The summed E-state index contributed by atoms with van der Waals surface area (Å²) >= 11 is 0. The molecule has 0 spiro atoms. The van der Waals surface area contributed by atoms with Crippen molar-refractivity contribution in [3.8, 4) is 17.0 Å². The zero-order valence-electron chi connectivity index (χ0n) is 31.6. The van der Waals surface area contributed by atoms with E-state index in [-0.39, 0.29) is 28.1 Å². The van der Waals surface area contributed by atoms with Crippen LogP contribution in [-0.2, 0) is 15.6 Å². The van der Waals surface area contributed by atoms with Crippen LogP contribution in [-0.4, -0.2) is 78.6 Å². The zero-order chi connectivity index (χ0) is 35.3. The number of benzene rings is 1. The summed E-state index contributed by atoms with van der Waals surface area (Å²) in [6, 6.07) is 12.1. The number of likely N-dealkylation sites (tertiary alicyclic amines) is 1. The number of rotatable bonds is 9. The summed E-state index contributed by atoms with van der Waals surface area (Å²) < 4.78 is 11.5. The summed E-state index contributed by atoms with van der Waals surface area (Å²) in [6.07, 6.45) is 15.8. The van der Waals surface area contributed by atoms with Crippen LogP contribution in [0.25, 0.3) is 11.3 Å². The third kappa shape index (κ3) is 6.87. The molecule has 50 heavy (non-hydrogen) atoms. The lowest BCUT2D eigenvalue weighted by Gasteiger charge is -2.55. The van der Waals surface area contributed by atoms with E-state index in [4.69, 9.17) is 19.1 Å². The Hall–Kier alpha value is -3.23. The molecule has 270 valence electrons. The highest BCUT2D eigenvalue weighted by Gasteiger charge is 2.51. The Morgan fingerprint density at radius 1 is 1.00 bits per heavy atom. The minimum Gasteiger partial charge on any atom is -0.496 e. The van der Waals surface area contributed by atoms with Crippen LogP contribution in [0.3, 0.4) is 0 Å². The summed E-state index contributed by atoms with van der Waals surface area (Å²) in [5.74, 6) is 2.73. The highest BCUT2D eigenvalue weighted by molar-refractivity contribution is 5.95. The summed E-state index contributed by atoms with van der Waals surface area (Å²) in [5.41, 5.74) is 4.56. The molecule has 1 unspecified atom stereocenters. The van der Waals surface area contributed by atoms with Crippen LogP contribution in [0.15, 0.2) is 47.2 Å². The van der Waals surface area contributed by atoms with Gasteiger partial charge < -0.3 is 14.1 Å². The van der Waals surface area contributed by atoms with Gasteiger partial charge in [0.05, 0.1) is 7.11 Å². The van der Waals surface area contributed by atoms with E-state index in [9.17, 15) is 4.79 Å². The first-order valence-electron chi connectivity index (χ1n) is 19.2. The van der Waals surface area contributed by atoms with E-state index in [1.165, 1.54) is 24.1 Å². The minimum absolute atomic E-state index is 0.0356. The highest BCUT2D eigenvalue weighted by Crippen LogP contribution is 2.58. The number of aryl methyl sites for hydroxylation is 1. The van der Waals surface area contributed by atoms with Crippen LogP contribution in [0.5, 0.6) is 5.75 Å². The second-order valence-electron chi connectivity index (χ2n) is 17.5. The number of fused-ring (bicyclic) bond motifs is 3. The van der Waals surface area contributed by atoms with E-state index in [2.05, 4.69) is 80.8 Å². The summed E-state index contributed by atoms with van der Waals surface area (Å²) in [5, 5.41) is 0. The molecular weight excluding hydrogens is 622 g/mol. The van der Waals surface area contributed by atoms with E-state index >= 15 is 0 Å². The molecule has 2 aromatic heterocycles. The molecule has 1 saturated heterocycles. The Labute approximate surface area is 300 Å². The number of nitrogens with zero attached hydrogens (tertiary/aromatic N) is 5. The first kappa shape index (κ1) is 35.2. The van der Waals surface area contributed by atoms with Crippen LogP contribution >= 0.6 is 0 Å². The van der Waals surface area contributed by atoms with Gasteiger partial charge in [-0.15, -0.1) is 0 Å². The summed E-state index contributed by atoms with van der Waals surface area (Å²) in [7, 11) is 6.15. The number of ether oxygens (including phenoxy) is 1. The van der Waals surface area contributed by atoms with E-state index in [0.717, 1.165) is 100 Å². The topological polar surface area (TPSA) is 74.9 Å². The molecule has 4 aliphatic carbocycles. The summed E-state index contributed by atoms with van der Waals surface area (Å²) in [6.45, 7) is 11.5. The van der Waals surface area contributed by atoms with Crippen LogP contribution in [0, 0.1) is 18.3 Å². The van der Waals surface area contributed by atoms with Crippen molar-refractivity contribution in [2.24, 2.45) is 11.3 Å². The zero-order valence-corrected chi connectivity index (χ0v) is 31.6. The van der Waals surface area contributed by atoms with Crippen LogP contribution in [0.4, 0.5) is 5.82 Å². The second-order valence-corrected chi connectivity index (χ2v) is 17.5. The van der Waals surface area contributed by atoms with Crippen LogP contribution in [0.1, 0.15) is 108 Å². The number of likely N-dealkylation sites (N-methyl/N-ethyl adjacent to an activating group) is 1. The fourth-order valence-electron chi connectivity index (χ4n) is 9.65. The van der Waals surface area contributed by atoms with Gasteiger partial charge in [0.15, 0.2) is 5.89 Å². The Balaban J connectivity index is 1.12. The molecule has 0 N–H and O–H groups in total. The average Bonchev–Trinajstić information content (AvgIpc) is 3.83. The van der Waals surface area contributed by atoms with Crippen molar-refractivity contribution in [3.05, 3.63) is 59.8 Å². The molecule has 2 bridgehead atoms. The fraction of sp³-hybridized carbons (Fsp3) is 0.643. The average molecular weight is 682 g/mol. The van der Waals surface area contributed by atoms with Gasteiger partial charge in [0, 0.05) is 54.8 Å². The standard InChI is InChI=1S/C42H59N5O3/c1-29-24-32(10-13-36(29)49-7)42-19-16-41(17-20-42,18-21-42)28-47(37-25-31(14-22-43-37)35-27-50-39(44-35)40(2,3)4)38(48)30-8-11-33(12-9-30)46-23-15-34(26-46)45(5)6/h10,13-14,22,24-25,27,30,33-34H,8-9,11-12,15-21,23,26,28H2,1-7H3. The second kappa shape index (κ2) is 13.7. The van der Waals surface area contributed by atoms with Crippen molar-refractivity contribution in [2.75, 3.05) is 45.7 Å². The third-order valence-corrected chi connectivity index (χ3v) is 13.1. The number of hydrogen-bond donors (Lipinski definition) is 0. The molecule has 5 aliphatic rings. The number of methoxy groups -OCH3 is 1. The number of carbonyl (C=O) groups is 1. The van der Waals surface area contributed by atoms with Crippen LogP contribution < -0.4 is 9.64 Å². The van der Waals surface area contributed by atoms with Crippen LogP contribution in [0.2, 0.25) is 0 Å². The number of pyridine rings is 1.